The molecule has 0 radical (unpaired) electrons. The fourth-order valence-corrected chi connectivity index (χ4v) is 3.48. The fourth-order valence-electron chi connectivity index (χ4n) is 3.48. The summed E-state index contributed by atoms with van der Waals surface area (Å²) in [5, 5.41) is 17.5. The van der Waals surface area contributed by atoms with Gasteiger partial charge in [0.15, 0.2) is 5.82 Å². The molecule has 2 aromatic carbocycles. The van der Waals surface area contributed by atoms with Crippen molar-refractivity contribution in [3.05, 3.63) is 70.5 Å². The molecule has 2 amide bonds. The molecule has 4 aromatic rings. The van der Waals surface area contributed by atoms with E-state index in [9.17, 15) is 14.4 Å². The van der Waals surface area contributed by atoms with Crippen LogP contribution in [0.5, 0.6) is 0 Å². The van der Waals surface area contributed by atoms with Crippen molar-refractivity contribution < 1.29 is 9.59 Å². The molecule has 0 aliphatic heterocycles. The summed E-state index contributed by atoms with van der Waals surface area (Å²) in [5.41, 5.74) is 1.53. The highest BCUT2D eigenvalue weighted by Gasteiger charge is 2.28. The number of nitrogens with zero attached hydrogens (tertiary/aromatic N) is 4. The Hall–Kier alpha value is -4.34. The molecule has 1 saturated carbocycles. The summed E-state index contributed by atoms with van der Waals surface area (Å²) in [5.74, 6) is -0.397. The number of carbonyl (C=O) groups excluding carboxylic acids is 2. The van der Waals surface area contributed by atoms with Gasteiger partial charge >= 0.3 is 0 Å². The molecule has 10 heteroatoms. The number of aromatic nitrogens is 5. The number of rotatable bonds is 6. The van der Waals surface area contributed by atoms with Crippen LogP contribution >= 0.6 is 0 Å². The molecule has 2 heterocycles. The van der Waals surface area contributed by atoms with E-state index in [1.165, 1.54) is 6.20 Å². The molecule has 0 atom stereocenters. The monoisotopic (exact) mass is 429 g/mol. The fraction of sp³-hybridized carbons (Fsp3) is 0.182. The van der Waals surface area contributed by atoms with Gasteiger partial charge in [-0.2, -0.15) is 0 Å². The third kappa shape index (κ3) is 3.85. The van der Waals surface area contributed by atoms with E-state index in [0.717, 1.165) is 18.4 Å². The lowest BCUT2D eigenvalue weighted by Gasteiger charge is -2.09. The summed E-state index contributed by atoms with van der Waals surface area (Å²) in [6, 6.07) is 14.4. The lowest BCUT2D eigenvalue weighted by Crippen LogP contribution is -2.35. The molecule has 0 saturated heterocycles. The Morgan fingerprint density at radius 2 is 1.97 bits per heavy atom. The second kappa shape index (κ2) is 8.06. The number of amides is 2. The number of fused-ring (bicyclic) bond motifs is 1. The molecule has 0 spiro atoms. The Morgan fingerprint density at radius 3 is 2.81 bits per heavy atom. The second-order valence-corrected chi connectivity index (χ2v) is 7.57. The Labute approximate surface area is 181 Å². The quantitative estimate of drug-likeness (QED) is 0.428. The summed E-state index contributed by atoms with van der Waals surface area (Å²) in [6.45, 7) is -0.283. The molecule has 32 heavy (non-hydrogen) atoms. The molecule has 0 unspecified atom stereocenters. The smallest absolute Gasteiger partial charge is 0.257 e. The Bertz CT molecular complexity index is 1390. The number of pyridine rings is 1. The van der Waals surface area contributed by atoms with E-state index in [-0.39, 0.29) is 12.1 Å². The zero-order valence-electron chi connectivity index (χ0n) is 16.9. The first-order valence-corrected chi connectivity index (χ1v) is 10.2. The van der Waals surface area contributed by atoms with E-state index in [1.54, 1.807) is 47.1 Å². The van der Waals surface area contributed by atoms with E-state index >= 15 is 0 Å². The number of tetrazole rings is 1. The molecular weight excluding hydrogens is 410 g/mol. The molecule has 160 valence electrons. The minimum atomic E-state index is -0.621. The van der Waals surface area contributed by atoms with Gasteiger partial charge in [-0.05, 0) is 47.5 Å². The lowest BCUT2D eigenvalue weighted by atomic mass is 10.1. The first kappa shape index (κ1) is 19.6. The van der Waals surface area contributed by atoms with Crippen molar-refractivity contribution in [2.24, 2.45) is 0 Å². The summed E-state index contributed by atoms with van der Waals surface area (Å²) in [7, 11) is 0. The average Bonchev–Trinajstić information content (AvgIpc) is 3.54. The molecule has 10 nitrogen and oxygen atoms in total. The highest BCUT2D eigenvalue weighted by Crippen LogP contribution is 2.36. The van der Waals surface area contributed by atoms with E-state index in [4.69, 9.17) is 0 Å². The predicted octanol–water partition coefficient (Wildman–Crippen LogP) is 1.88. The van der Waals surface area contributed by atoms with E-state index in [2.05, 4.69) is 31.1 Å². The first-order chi connectivity index (χ1) is 15.6. The van der Waals surface area contributed by atoms with Gasteiger partial charge in [0.2, 0.25) is 11.3 Å². The standard InChI is InChI=1S/C22H19N7O3/c30-19(12-24-22(32)17-11-23-18-7-2-1-6-16(18)20(17)31)25-14-5-3-4-13(10-14)21-26-27-28-29(21)15-8-9-15/h1-7,10-11,15H,8-9,12H2,(H,23,31)(H,24,32)(H,25,30). The van der Waals surface area contributed by atoms with Gasteiger partial charge in [0.25, 0.3) is 5.91 Å². The van der Waals surface area contributed by atoms with Gasteiger partial charge < -0.3 is 15.6 Å². The summed E-state index contributed by atoms with van der Waals surface area (Å²) >= 11 is 0. The zero-order chi connectivity index (χ0) is 22.1. The summed E-state index contributed by atoms with van der Waals surface area (Å²) in [6.07, 6.45) is 3.45. The molecule has 1 aliphatic carbocycles. The van der Waals surface area contributed by atoms with Gasteiger partial charge in [0.1, 0.15) is 5.56 Å². The van der Waals surface area contributed by atoms with E-state index in [0.29, 0.717) is 28.5 Å². The van der Waals surface area contributed by atoms with Crippen LogP contribution in [0.3, 0.4) is 0 Å². The number of hydrogen-bond acceptors (Lipinski definition) is 6. The van der Waals surface area contributed by atoms with Crippen molar-refractivity contribution >= 4 is 28.4 Å². The summed E-state index contributed by atoms with van der Waals surface area (Å²) < 4.78 is 1.79. The highest BCUT2D eigenvalue weighted by molar-refractivity contribution is 6.00. The van der Waals surface area contributed by atoms with Crippen LogP contribution in [0.2, 0.25) is 0 Å². The number of anilines is 1. The Balaban J connectivity index is 1.25. The number of carbonyl (C=O) groups is 2. The van der Waals surface area contributed by atoms with Crippen LogP contribution < -0.4 is 16.1 Å². The maximum absolute atomic E-state index is 12.5. The van der Waals surface area contributed by atoms with Crippen LogP contribution in [0.1, 0.15) is 29.2 Å². The maximum atomic E-state index is 12.5. The van der Waals surface area contributed by atoms with Crippen LogP contribution in [0.4, 0.5) is 5.69 Å². The molecular formula is C22H19N7O3. The molecule has 3 N–H and O–H groups in total. The predicted molar refractivity (Wildman–Crippen MR) is 117 cm³/mol. The van der Waals surface area contributed by atoms with Crippen molar-refractivity contribution in [1.29, 1.82) is 0 Å². The van der Waals surface area contributed by atoms with E-state index in [1.807, 2.05) is 6.07 Å². The number of H-pyrrole nitrogens is 1. The number of hydrogen-bond donors (Lipinski definition) is 3. The molecule has 1 aliphatic rings. The van der Waals surface area contributed by atoms with Gasteiger partial charge in [-0.1, -0.05) is 24.3 Å². The van der Waals surface area contributed by atoms with Gasteiger partial charge in [-0.15, -0.1) is 5.10 Å². The molecule has 0 bridgehead atoms. The first-order valence-electron chi connectivity index (χ1n) is 10.2. The Morgan fingerprint density at radius 1 is 1.12 bits per heavy atom. The largest absolute Gasteiger partial charge is 0.360 e. The number of para-hydroxylation sites is 1. The van der Waals surface area contributed by atoms with E-state index < -0.39 is 17.2 Å². The van der Waals surface area contributed by atoms with Crippen molar-refractivity contribution in [1.82, 2.24) is 30.5 Å². The second-order valence-electron chi connectivity index (χ2n) is 7.57. The van der Waals surface area contributed by atoms with Crippen LogP contribution in [0.15, 0.2) is 59.5 Å². The molecule has 5 rings (SSSR count). The van der Waals surface area contributed by atoms with Gasteiger partial charge in [-0.3, -0.25) is 14.4 Å². The summed E-state index contributed by atoms with van der Waals surface area (Å²) in [4.78, 5) is 40.3. The van der Waals surface area contributed by atoms with Crippen molar-refractivity contribution in [2.45, 2.75) is 18.9 Å². The van der Waals surface area contributed by atoms with Crippen LogP contribution in [0, 0.1) is 0 Å². The Kier molecular flexibility index (Phi) is 4.94. The topological polar surface area (TPSA) is 135 Å². The number of benzene rings is 2. The van der Waals surface area contributed by atoms with Crippen LogP contribution in [0.25, 0.3) is 22.3 Å². The van der Waals surface area contributed by atoms with Gasteiger partial charge in [-0.25, -0.2) is 4.68 Å². The SMILES string of the molecule is O=C(CNC(=O)c1c[nH]c2ccccc2c1=O)Nc1cccc(-c2nnnn2C2CC2)c1. The van der Waals surface area contributed by atoms with Crippen molar-refractivity contribution in [3.63, 3.8) is 0 Å². The third-order valence-electron chi connectivity index (χ3n) is 5.23. The average molecular weight is 429 g/mol. The zero-order valence-corrected chi connectivity index (χ0v) is 16.9. The van der Waals surface area contributed by atoms with Crippen molar-refractivity contribution in [3.8, 4) is 11.4 Å². The minimum absolute atomic E-state index is 0.0505. The molecule has 1 fully saturated rings. The lowest BCUT2D eigenvalue weighted by molar-refractivity contribution is -0.115. The van der Waals surface area contributed by atoms with Crippen molar-refractivity contribution in [2.75, 3.05) is 11.9 Å². The normalized spacial score (nSPS) is 13.1. The molecule has 2 aromatic heterocycles. The highest BCUT2D eigenvalue weighted by atomic mass is 16.2. The number of nitrogens with one attached hydrogen (secondary N) is 3. The van der Waals surface area contributed by atoms with Crippen LogP contribution in [-0.2, 0) is 4.79 Å². The van der Waals surface area contributed by atoms with Crippen LogP contribution in [-0.4, -0.2) is 43.6 Å². The van der Waals surface area contributed by atoms with Gasteiger partial charge in [0.05, 0.1) is 12.6 Å². The third-order valence-corrected chi connectivity index (χ3v) is 5.23. The van der Waals surface area contributed by atoms with Gasteiger partial charge in [0, 0.05) is 28.4 Å². The number of aromatic amines is 1. The maximum Gasteiger partial charge on any atom is 0.257 e. The minimum Gasteiger partial charge on any atom is -0.360 e.